The van der Waals surface area contributed by atoms with Crippen molar-refractivity contribution in [2.45, 2.75) is 83.0 Å². The Labute approximate surface area is 143 Å². The maximum atomic E-state index is 11.7. The largest absolute Gasteiger partial charge is 0.463 e. The molecule has 1 rings (SSSR count). The van der Waals surface area contributed by atoms with Gasteiger partial charge in [-0.2, -0.15) is 0 Å². The van der Waals surface area contributed by atoms with Crippen LogP contribution in [0.1, 0.15) is 53.7 Å². The minimum atomic E-state index is -1.51. The summed E-state index contributed by atoms with van der Waals surface area (Å²) >= 11 is 0. The van der Waals surface area contributed by atoms with Crippen LogP contribution in [0.25, 0.3) is 0 Å². The summed E-state index contributed by atoms with van der Waals surface area (Å²) < 4.78 is 17.2. The van der Waals surface area contributed by atoms with Crippen LogP contribution in [-0.4, -0.2) is 64.4 Å². The lowest BCUT2D eigenvalue weighted by atomic mass is 9.97. The third-order valence-electron chi connectivity index (χ3n) is 3.88. The van der Waals surface area contributed by atoms with Gasteiger partial charge in [-0.1, -0.05) is 32.6 Å². The van der Waals surface area contributed by atoms with Crippen LogP contribution >= 0.6 is 0 Å². The standard InChI is InChI=1S/C16H29NO7/c1-3-4-5-6-7-8-12(19)23-9-11-14(20)15(21)13(16(22)24-11)17-10(2)18/h11,13-16,20-22H,3-9H2,1-2H3,(H,17,18)/t11-,13-,14-,15-,16?/m1/s1/i1D. The molecular weight excluding hydrogens is 318 g/mol. The predicted molar refractivity (Wildman–Crippen MR) is 84.8 cm³/mol. The zero-order valence-electron chi connectivity index (χ0n) is 15.0. The Kier molecular flexibility index (Phi) is 8.44. The normalized spacial score (nSPS) is 30.5. The van der Waals surface area contributed by atoms with E-state index < -0.39 is 42.5 Å². The van der Waals surface area contributed by atoms with E-state index in [1.807, 2.05) is 0 Å². The van der Waals surface area contributed by atoms with E-state index in [1.54, 1.807) is 0 Å². The van der Waals surface area contributed by atoms with Gasteiger partial charge in [0.25, 0.3) is 0 Å². The molecule has 0 spiro atoms. The SMILES string of the molecule is [2H]CCCCCCCC(=O)OC[C@H]1OC(O)[C@H](NC(C)=O)[C@@H](O)[C@@H]1O. The Balaban J connectivity index is 2.30. The molecule has 0 aromatic rings. The molecule has 0 saturated carbocycles. The molecule has 140 valence electrons. The molecule has 4 N–H and O–H groups in total. The van der Waals surface area contributed by atoms with Crippen molar-refractivity contribution in [1.82, 2.24) is 5.32 Å². The molecule has 8 heteroatoms. The van der Waals surface area contributed by atoms with Crippen molar-refractivity contribution in [3.05, 3.63) is 0 Å². The van der Waals surface area contributed by atoms with Crippen molar-refractivity contribution >= 4 is 11.9 Å². The topological polar surface area (TPSA) is 125 Å². The summed E-state index contributed by atoms with van der Waals surface area (Å²) in [6.07, 6.45) is -0.806. The number of hydrogen-bond donors (Lipinski definition) is 4. The quantitative estimate of drug-likeness (QED) is 0.337. The van der Waals surface area contributed by atoms with E-state index in [0.717, 1.165) is 25.7 Å². The van der Waals surface area contributed by atoms with Crippen LogP contribution in [0.3, 0.4) is 0 Å². The summed E-state index contributed by atoms with van der Waals surface area (Å²) in [5, 5.41) is 32.1. The number of rotatable bonds is 9. The van der Waals surface area contributed by atoms with Crippen molar-refractivity contribution < 1.29 is 35.8 Å². The Hall–Kier alpha value is -1.22. The second kappa shape index (κ2) is 10.6. The molecule has 1 aliphatic rings. The maximum absolute atomic E-state index is 11.7. The highest BCUT2D eigenvalue weighted by atomic mass is 16.6. The van der Waals surface area contributed by atoms with Gasteiger partial charge in [-0.25, -0.2) is 0 Å². The first-order chi connectivity index (χ1) is 11.9. The Bertz CT molecular complexity index is 423. The van der Waals surface area contributed by atoms with Gasteiger partial charge in [0, 0.05) is 14.7 Å². The van der Waals surface area contributed by atoms with E-state index in [-0.39, 0.29) is 13.0 Å². The van der Waals surface area contributed by atoms with Crippen LogP contribution in [0.5, 0.6) is 0 Å². The van der Waals surface area contributed by atoms with Crippen LogP contribution in [0, 0.1) is 0 Å². The highest BCUT2D eigenvalue weighted by molar-refractivity contribution is 5.73. The van der Waals surface area contributed by atoms with E-state index in [4.69, 9.17) is 10.8 Å². The molecule has 0 aliphatic carbocycles. The Morgan fingerprint density at radius 1 is 1.17 bits per heavy atom. The van der Waals surface area contributed by atoms with Crippen LogP contribution in [-0.2, 0) is 19.1 Å². The molecule has 0 bridgehead atoms. The lowest BCUT2D eigenvalue weighted by molar-refractivity contribution is -0.255. The van der Waals surface area contributed by atoms with Gasteiger partial charge in [-0.05, 0) is 6.42 Å². The second-order valence-corrected chi connectivity index (χ2v) is 5.97. The number of ether oxygens (including phenoxy) is 2. The third kappa shape index (κ3) is 6.72. The predicted octanol–water partition coefficient (Wildman–Crippen LogP) is -0.166. The molecule has 1 unspecified atom stereocenters. The van der Waals surface area contributed by atoms with Crippen molar-refractivity contribution in [1.29, 1.82) is 0 Å². The number of hydrogen-bond acceptors (Lipinski definition) is 7. The number of unbranched alkanes of at least 4 members (excludes halogenated alkanes) is 4. The van der Waals surface area contributed by atoms with Crippen LogP contribution in [0.15, 0.2) is 0 Å². The monoisotopic (exact) mass is 348 g/mol. The molecule has 0 aromatic carbocycles. The molecule has 1 heterocycles. The van der Waals surface area contributed by atoms with Crippen LogP contribution < -0.4 is 5.32 Å². The first-order valence-corrected chi connectivity index (χ1v) is 8.28. The highest BCUT2D eigenvalue weighted by Crippen LogP contribution is 2.20. The van der Waals surface area contributed by atoms with Gasteiger partial charge in [0.2, 0.25) is 5.91 Å². The minimum Gasteiger partial charge on any atom is -0.463 e. The van der Waals surface area contributed by atoms with Gasteiger partial charge in [0.15, 0.2) is 6.29 Å². The van der Waals surface area contributed by atoms with Crippen molar-refractivity contribution in [3.63, 3.8) is 0 Å². The van der Waals surface area contributed by atoms with Gasteiger partial charge < -0.3 is 30.1 Å². The number of aliphatic hydroxyl groups is 3. The van der Waals surface area contributed by atoms with Crippen molar-refractivity contribution in [2.24, 2.45) is 0 Å². The number of carbonyl (C=O) groups excluding carboxylic acids is 2. The smallest absolute Gasteiger partial charge is 0.305 e. The first kappa shape index (κ1) is 19.1. The number of carbonyl (C=O) groups is 2. The van der Waals surface area contributed by atoms with E-state index >= 15 is 0 Å². The van der Waals surface area contributed by atoms with E-state index in [0.29, 0.717) is 13.3 Å². The van der Waals surface area contributed by atoms with Gasteiger partial charge in [-0.15, -0.1) is 0 Å². The van der Waals surface area contributed by atoms with E-state index in [2.05, 4.69) is 5.32 Å². The van der Waals surface area contributed by atoms with Gasteiger partial charge in [0.1, 0.15) is 31.0 Å². The fourth-order valence-corrected chi connectivity index (χ4v) is 2.52. The lowest BCUT2D eigenvalue weighted by Crippen LogP contribution is -2.64. The third-order valence-corrected chi connectivity index (χ3v) is 3.88. The molecule has 0 radical (unpaired) electrons. The molecule has 1 fully saturated rings. The highest BCUT2D eigenvalue weighted by Gasteiger charge is 2.44. The number of esters is 1. The molecule has 0 aromatic heterocycles. The average molecular weight is 348 g/mol. The summed E-state index contributed by atoms with van der Waals surface area (Å²) in [4.78, 5) is 22.7. The summed E-state index contributed by atoms with van der Waals surface area (Å²) in [7, 11) is 0. The van der Waals surface area contributed by atoms with Gasteiger partial charge >= 0.3 is 5.97 Å². The fraction of sp³-hybridized carbons (Fsp3) is 0.875. The van der Waals surface area contributed by atoms with E-state index in [1.165, 1.54) is 6.92 Å². The molecule has 24 heavy (non-hydrogen) atoms. The first-order valence-electron chi connectivity index (χ1n) is 8.99. The number of amides is 1. The Morgan fingerprint density at radius 2 is 1.88 bits per heavy atom. The summed E-state index contributed by atoms with van der Waals surface area (Å²) in [5.41, 5.74) is 0. The van der Waals surface area contributed by atoms with E-state index in [9.17, 15) is 24.9 Å². The molecule has 1 amide bonds. The van der Waals surface area contributed by atoms with Crippen molar-refractivity contribution in [2.75, 3.05) is 6.61 Å². The fourth-order valence-electron chi connectivity index (χ4n) is 2.52. The van der Waals surface area contributed by atoms with Crippen LogP contribution in [0.4, 0.5) is 0 Å². The lowest BCUT2D eigenvalue weighted by Gasteiger charge is -2.40. The second-order valence-electron chi connectivity index (χ2n) is 5.97. The molecular formula is C16H29NO7. The molecule has 1 aliphatic heterocycles. The van der Waals surface area contributed by atoms with Gasteiger partial charge in [-0.3, -0.25) is 9.59 Å². The van der Waals surface area contributed by atoms with Crippen LogP contribution in [0.2, 0.25) is 0 Å². The number of nitrogens with one attached hydrogen (secondary N) is 1. The molecule has 1 saturated heterocycles. The summed E-state index contributed by atoms with van der Waals surface area (Å²) in [6, 6.07) is -1.15. The zero-order chi connectivity index (χ0) is 18.8. The minimum absolute atomic E-state index is 0.239. The summed E-state index contributed by atoms with van der Waals surface area (Å²) in [6.45, 7) is 1.35. The average Bonchev–Trinajstić information content (AvgIpc) is 2.56. The Morgan fingerprint density at radius 3 is 2.54 bits per heavy atom. The van der Waals surface area contributed by atoms with Gasteiger partial charge in [0.05, 0.1) is 0 Å². The molecule has 8 nitrogen and oxygen atoms in total. The molecule has 5 atom stereocenters. The maximum Gasteiger partial charge on any atom is 0.305 e. The van der Waals surface area contributed by atoms with Crippen molar-refractivity contribution in [3.8, 4) is 0 Å². The summed E-state index contributed by atoms with van der Waals surface area (Å²) in [5.74, 6) is -0.921. The zero-order valence-corrected chi connectivity index (χ0v) is 14.0. The number of aliphatic hydroxyl groups excluding tert-OH is 3.